The average Bonchev–Trinajstić information content (AvgIpc) is 2.93. The van der Waals surface area contributed by atoms with Crippen molar-refractivity contribution in [3.63, 3.8) is 0 Å². The second kappa shape index (κ2) is 7.18. The zero-order chi connectivity index (χ0) is 16.9. The highest BCUT2D eigenvalue weighted by molar-refractivity contribution is 7.80. The molecule has 1 aromatic carbocycles. The molecule has 3 rings (SSSR count). The molecule has 0 amide bonds. The van der Waals surface area contributed by atoms with Crippen LogP contribution < -0.4 is 10.7 Å². The Morgan fingerprint density at radius 3 is 3.04 bits per heavy atom. The Kier molecular flexibility index (Phi) is 4.80. The second-order valence-corrected chi connectivity index (χ2v) is 5.78. The second-order valence-electron chi connectivity index (χ2n) is 5.37. The fraction of sp³-hybridized carbons (Fsp3) is 0.267. The highest BCUT2D eigenvalue weighted by atomic mass is 32.1. The van der Waals surface area contributed by atoms with Gasteiger partial charge in [0, 0.05) is 23.6 Å². The SMILES string of the molecule is O=[N+]([O-])c1cccc(/C=N/NC(=S)Nc2ncc(C3CCC3)o2)c1. The summed E-state index contributed by atoms with van der Waals surface area (Å²) in [4.78, 5) is 14.4. The van der Waals surface area contributed by atoms with Gasteiger partial charge in [0.05, 0.1) is 17.3 Å². The van der Waals surface area contributed by atoms with Gasteiger partial charge < -0.3 is 4.42 Å². The summed E-state index contributed by atoms with van der Waals surface area (Å²) in [6.07, 6.45) is 6.63. The fourth-order valence-electron chi connectivity index (χ4n) is 2.24. The molecular weight excluding hydrogens is 330 g/mol. The maximum atomic E-state index is 10.7. The smallest absolute Gasteiger partial charge is 0.301 e. The van der Waals surface area contributed by atoms with Crippen LogP contribution in [0.25, 0.3) is 0 Å². The highest BCUT2D eigenvalue weighted by Gasteiger charge is 2.23. The van der Waals surface area contributed by atoms with E-state index in [-0.39, 0.29) is 10.8 Å². The van der Waals surface area contributed by atoms with Crippen LogP contribution in [0.5, 0.6) is 0 Å². The molecule has 1 saturated carbocycles. The Hall–Kier alpha value is -2.81. The summed E-state index contributed by atoms with van der Waals surface area (Å²) in [5, 5.41) is 17.7. The van der Waals surface area contributed by atoms with Crippen LogP contribution >= 0.6 is 12.2 Å². The van der Waals surface area contributed by atoms with Gasteiger partial charge in [-0.25, -0.2) is 4.98 Å². The third-order valence-electron chi connectivity index (χ3n) is 3.71. The van der Waals surface area contributed by atoms with E-state index in [9.17, 15) is 10.1 Å². The topological polar surface area (TPSA) is 106 Å². The van der Waals surface area contributed by atoms with Crippen LogP contribution in [0.1, 0.15) is 36.5 Å². The van der Waals surface area contributed by atoms with Crippen LogP contribution in [0.4, 0.5) is 11.7 Å². The fourth-order valence-corrected chi connectivity index (χ4v) is 2.38. The lowest BCUT2D eigenvalue weighted by Gasteiger charge is -2.22. The number of non-ortho nitro benzene ring substituents is 1. The van der Waals surface area contributed by atoms with Crippen molar-refractivity contribution in [2.75, 3.05) is 5.32 Å². The Balaban J connectivity index is 1.52. The summed E-state index contributed by atoms with van der Waals surface area (Å²) < 4.78 is 5.59. The minimum Gasteiger partial charge on any atom is -0.428 e. The summed E-state index contributed by atoms with van der Waals surface area (Å²) in [5.74, 6) is 1.33. The molecule has 1 aliphatic carbocycles. The molecule has 0 saturated heterocycles. The molecule has 1 fully saturated rings. The van der Waals surface area contributed by atoms with Gasteiger partial charge in [0.1, 0.15) is 5.76 Å². The van der Waals surface area contributed by atoms with Crippen molar-refractivity contribution in [3.05, 3.63) is 51.9 Å². The maximum Gasteiger partial charge on any atom is 0.301 e. The number of nitro benzene ring substituents is 1. The molecule has 0 bridgehead atoms. The van der Waals surface area contributed by atoms with E-state index in [0.29, 0.717) is 17.5 Å². The first-order valence-electron chi connectivity index (χ1n) is 7.42. The van der Waals surface area contributed by atoms with Crippen LogP contribution in [-0.4, -0.2) is 21.2 Å². The first kappa shape index (κ1) is 16.1. The van der Waals surface area contributed by atoms with Crippen molar-refractivity contribution in [3.8, 4) is 0 Å². The van der Waals surface area contributed by atoms with Gasteiger partial charge in [0.15, 0.2) is 5.11 Å². The average molecular weight is 345 g/mol. The number of rotatable bonds is 5. The summed E-state index contributed by atoms with van der Waals surface area (Å²) >= 11 is 5.09. The number of nitrogens with zero attached hydrogens (tertiary/aromatic N) is 3. The molecule has 0 atom stereocenters. The predicted octanol–water partition coefficient (Wildman–Crippen LogP) is 3.17. The van der Waals surface area contributed by atoms with Crippen molar-refractivity contribution >= 4 is 35.2 Å². The molecule has 1 heterocycles. The van der Waals surface area contributed by atoms with Crippen LogP contribution in [0.15, 0.2) is 40.0 Å². The molecule has 9 heteroatoms. The number of aromatic nitrogens is 1. The number of hydrazone groups is 1. The molecule has 0 unspecified atom stereocenters. The van der Waals surface area contributed by atoms with E-state index >= 15 is 0 Å². The number of hydrogen-bond donors (Lipinski definition) is 2. The summed E-state index contributed by atoms with van der Waals surface area (Å²) in [5.41, 5.74) is 3.20. The number of oxazole rings is 1. The molecule has 124 valence electrons. The minimum atomic E-state index is -0.459. The number of benzene rings is 1. The lowest BCUT2D eigenvalue weighted by atomic mass is 9.84. The van der Waals surface area contributed by atoms with Gasteiger partial charge in [0.25, 0.3) is 5.69 Å². The van der Waals surface area contributed by atoms with Crippen molar-refractivity contribution in [1.82, 2.24) is 10.4 Å². The molecule has 0 radical (unpaired) electrons. The van der Waals surface area contributed by atoms with E-state index in [2.05, 4.69) is 20.8 Å². The minimum absolute atomic E-state index is 0.00274. The van der Waals surface area contributed by atoms with Crippen LogP contribution in [0, 0.1) is 10.1 Å². The van der Waals surface area contributed by atoms with Gasteiger partial charge in [0.2, 0.25) is 0 Å². The molecule has 0 aliphatic heterocycles. The molecule has 2 N–H and O–H groups in total. The predicted molar refractivity (Wildman–Crippen MR) is 93.1 cm³/mol. The van der Waals surface area contributed by atoms with Gasteiger partial charge in [-0.3, -0.25) is 20.9 Å². The third-order valence-corrected chi connectivity index (χ3v) is 3.91. The van der Waals surface area contributed by atoms with Crippen molar-refractivity contribution < 1.29 is 9.34 Å². The van der Waals surface area contributed by atoms with E-state index in [0.717, 1.165) is 18.6 Å². The zero-order valence-corrected chi connectivity index (χ0v) is 13.5. The van der Waals surface area contributed by atoms with Gasteiger partial charge >= 0.3 is 6.01 Å². The van der Waals surface area contributed by atoms with E-state index in [1.54, 1.807) is 18.3 Å². The van der Waals surface area contributed by atoms with Crippen LogP contribution in [0.3, 0.4) is 0 Å². The van der Waals surface area contributed by atoms with Gasteiger partial charge in [-0.15, -0.1) is 0 Å². The van der Waals surface area contributed by atoms with Gasteiger partial charge in [-0.2, -0.15) is 5.10 Å². The first-order chi connectivity index (χ1) is 11.6. The summed E-state index contributed by atoms with van der Waals surface area (Å²) in [7, 11) is 0. The van der Waals surface area contributed by atoms with E-state index < -0.39 is 4.92 Å². The molecule has 24 heavy (non-hydrogen) atoms. The molecule has 1 aliphatic rings. The number of hydrogen-bond acceptors (Lipinski definition) is 6. The van der Waals surface area contributed by atoms with Crippen LogP contribution in [0.2, 0.25) is 0 Å². The first-order valence-corrected chi connectivity index (χ1v) is 7.83. The molecule has 0 spiro atoms. The van der Waals surface area contributed by atoms with Crippen LogP contribution in [-0.2, 0) is 0 Å². The molecule has 8 nitrogen and oxygen atoms in total. The van der Waals surface area contributed by atoms with Crippen molar-refractivity contribution in [2.24, 2.45) is 5.10 Å². The van der Waals surface area contributed by atoms with E-state index in [4.69, 9.17) is 16.6 Å². The van der Waals surface area contributed by atoms with Gasteiger partial charge in [-0.05, 0) is 25.1 Å². The van der Waals surface area contributed by atoms with Gasteiger partial charge in [-0.1, -0.05) is 18.6 Å². The Morgan fingerprint density at radius 2 is 2.33 bits per heavy atom. The monoisotopic (exact) mass is 345 g/mol. The van der Waals surface area contributed by atoms with Crippen molar-refractivity contribution in [1.29, 1.82) is 0 Å². The Labute approximate surface area is 143 Å². The third kappa shape index (κ3) is 3.93. The zero-order valence-electron chi connectivity index (χ0n) is 12.6. The molecule has 1 aromatic heterocycles. The lowest BCUT2D eigenvalue weighted by molar-refractivity contribution is -0.384. The molecular formula is C15H15N5O3S. The highest BCUT2D eigenvalue weighted by Crippen LogP contribution is 2.37. The number of nitro groups is 1. The maximum absolute atomic E-state index is 10.7. The Bertz CT molecular complexity index is 785. The largest absolute Gasteiger partial charge is 0.428 e. The standard InChI is InChI=1S/C15H15N5O3S/c21-20(22)12-6-1-3-10(7-12)8-17-19-15(24)18-14-16-9-13(23-14)11-4-2-5-11/h1,3,6-9,11H,2,4-5H2,(H2,16,18,19,24)/b17-8+. The quantitative estimate of drug-likeness (QED) is 0.371. The lowest BCUT2D eigenvalue weighted by Crippen LogP contribution is -2.24. The van der Waals surface area contributed by atoms with E-state index in [1.165, 1.54) is 24.8 Å². The van der Waals surface area contributed by atoms with Crippen molar-refractivity contribution in [2.45, 2.75) is 25.2 Å². The normalized spacial score (nSPS) is 14.3. The number of thiocarbonyl (C=S) groups is 1. The molecule has 2 aromatic rings. The summed E-state index contributed by atoms with van der Waals surface area (Å²) in [6.45, 7) is 0. The number of nitrogens with one attached hydrogen (secondary N) is 2. The Morgan fingerprint density at radius 1 is 1.50 bits per heavy atom. The number of anilines is 1. The van der Waals surface area contributed by atoms with E-state index in [1.807, 2.05) is 0 Å². The summed E-state index contributed by atoms with van der Waals surface area (Å²) in [6, 6.07) is 6.44.